The molecule has 2 atom stereocenters. The number of nitrogens with one attached hydrogen (secondary N) is 1. The van der Waals surface area contributed by atoms with Crippen LogP contribution in [-0.2, 0) is 11.8 Å². The number of nitrogens with zero attached hydrogens (tertiary/aromatic N) is 3. The van der Waals surface area contributed by atoms with Gasteiger partial charge in [-0.25, -0.2) is 4.39 Å². The molecular weight excluding hydrogens is 319 g/mol. The Kier molecular flexibility index (Phi) is 5.96. The molecule has 1 saturated heterocycles. The van der Waals surface area contributed by atoms with Crippen LogP contribution in [0, 0.1) is 5.82 Å². The van der Waals surface area contributed by atoms with Gasteiger partial charge in [0.05, 0.1) is 24.4 Å². The van der Waals surface area contributed by atoms with Crippen LogP contribution in [0.15, 0.2) is 42.6 Å². The molecule has 0 aliphatic carbocycles. The van der Waals surface area contributed by atoms with Crippen LogP contribution in [0.1, 0.15) is 17.3 Å². The maximum atomic E-state index is 12.9. The summed E-state index contributed by atoms with van der Waals surface area (Å²) in [6.07, 6.45) is 5.93. The molecule has 1 fully saturated rings. The van der Waals surface area contributed by atoms with Crippen molar-refractivity contribution in [2.45, 2.75) is 12.1 Å². The largest absolute Gasteiger partial charge is 0.374 e. The molecule has 134 valence electrons. The summed E-state index contributed by atoms with van der Waals surface area (Å²) in [6.45, 7) is 3.15. The Labute approximate surface area is 148 Å². The number of aryl methyl sites for hydroxylation is 1. The summed E-state index contributed by atoms with van der Waals surface area (Å²) in [5.74, 6) is -0.213. The zero-order valence-corrected chi connectivity index (χ0v) is 14.7. The second-order valence-corrected chi connectivity index (χ2v) is 6.33. The van der Waals surface area contributed by atoms with E-state index >= 15 is 0 Å². The van der Waals surface area contributed by atoms with E-state index < -0.39 is 0 Å². The van der Waals surface area contributed by atoms with E-state index in [4.69, 9.17) is 4.74 Å². The van der Waals surface area contributed by atoms with E-state index in [-0.39, 0.29) is 18.0 Å². The molecule has 1 N–H and O–H groups in total. The number of ether oxygens (including phenoxy) is 1. The lowest BCUT2D eigenvalue weighted by atomic mass is 10.0. The van der Waals surface area contributed by atoms with Crippen LogP contribution in [0.25, 0.3) is 6.08 Å². The van der Waals surface area contributed by atoms with Gasteiger partial charge in [0, 0.05) is 32.9 Å². The van der Waals surface area contributed by atoms with Crippen molar-refractivity contribution in [3.8, 4) is 0 Å². The van der Waals surface area contributed by atoms with Crippen molar-refractivity contribution in [3.63, 3.8) is 0 Å². The summed E-state index contributed by atoms with van der Waals surface area (Å²) in [7, 11) is 4.09. The van der Waals surface area contributed by atoms with E-state index in [1.54, 1.807) is 12.1 Å². The molecule has 2 aromatic rings. The summed E-state index contributed by atoms with van der Waals surface area (Å²) in [5.41, 5.74) is 2.15. The van der Waals surface area contributed by atoms with E-state index in [0.717, 1.165) is 37.5 Å². The molecule has 2 heterocycles. The van der Waals surface area contributed by atoms with Crippen molar-refractivity contribution in [1.29, 1.82) is 0 Å². The molecule has 0 radical (unpaired) electrons. The van der Waals surface area contributed by atoms with E-state index in [9.17, 15) is 4.39 Å². The number of rotatable bonds is 6. The van der Waals surface area contributed by atoms with E-state index in [1.807, 2.05) is 30.1 Å². The van der Waals surface area contributed by atoms with Crippen LogP contribution >= 0.6 is 0 Å². The molecule has 0 spiro atoms. The molecule has 1 aromatic carbocycles. The van der Waals surface area contributed by atoms with E-state index in [0.29, 0.717) is 0 Å². The highest BCUT2D eigenvalue weighted by Gasteiger charge is 2.32. The zero-order chi connectivity index (χ0) is 17.6. The Bertz CT molecular complexity index is 698. The quantitative estimate of drug-likeness (QED) is 0.816. The van der Waals surface area contributed by atoms with Gasteiger partial charge in [0.15, 0.2) is 0 Å². The number of halogens is 1. The first-order chi connectivity index (χ1) is 12.1. The Balaban J connectivity index is 1.54. The van der Waals surface area contributed by atoms with E-state index in [2.05, 4.69) is 28.4 Å². The number of benzene rings is 1. The molecule has 6 heteroatoms. The van der Waals surface area contributed by atoms with Crippen molar-refractivity contribution in [2.24, 2.45) is 7.05 Å². The fraction of sp³-hybridized carbons (Fsp3) is 0.421. The topological polar surface area (TPSA) is 42.3 Å². The molecule has 1 aliphatic rings. The third kappa shape index (κ3) is 4.54. The average molecular weight is 344 g/mol. The molecule has 0 saturated carbocycles. The summed E-state index contributed by atoms with van der Waals surface area (Å²) in [6, 6.07) is 8.72. The lowest BCUT2D eigenvalue weighted by molar-refractivity contribution is -0.0634. The van der Waals surface area contributed by atoms with Crippen LogP contribution in [0.4, 0.5) is 4.39 Å². The average Bonchev–Trinajstić information content (AvgIpc) is 3.02. The summed E-state index contributed by atoms with van der Waals surface area (Å²) >= 11 is 0. The van der Waals surface area contributed by atoms with Gasteiger partial charge >= 0.3 is 0 Å². The fourth-order valence-electron chi connectivity index (χ4n) is 3.20. The smallest absolute Gasteiger partial charge is 0.123 e. The standard InChI is InChI=1S/C19H25FN4O/c1-23-12-13-25-18(19(23)17-9-11-22-24(17)2)14-21-10-3-4-15-5-7-16(20)8-6-15/h3-9,11,18-19,21H,10,12-14H2,1-2H3/t18-,19-/m0/s1. The van der Waals surface area contributed by atoms with Gasteiger partial charge < -0.3 is 10.1 Å². The summed E-state index contributed by atoms with van der Waals surface area (Å²) in [4.78, 5) is 2.32. The van der Waals surface area contributed by atoms with E-state index in [1.165, 1.54) is 12.1 Å². The highest BCUT2D eigenvalue weighted by atomic mass is 19.1. The number of likely N-dealkylation sites (N-methyl/N-ethyl adjacent to an activating group) is 1. The maximum Gasteiger partial charge on any atom is 0.123 e. The first-order valence-electron chi connectivity index (χ1n) is 8.58. The normalized spacial score (nSPS) is 21.9. The fourth-order valence-corrected chi connectivity index (χ4v) is 3.20. The zero-order valence-electron chi connectivity index (χ0n) is 14.7. The number of aromatic nitrogens is 2. The Morgan fingerprint density at radius 3 is 2.80 bits per heavy atom. The minimum absolute atomic E-state index is 0.0772. The predicted octanol–water partition coefficient (Wildman–Crippen LogP) is 2.23. The van der Waals surface area contributed by atoms with Crippen molar-refractivity contribution < 1.29 is 9.13 Å². The number of hydrogen-bond acceptors (Lipinski definition) is 4. The van der Waals surface area contributed by atoms with Crippen LogP contribution in [-0.4, -0.2) is 54.1 Å². The van der Waals surface area contributed by atoms with Gasteiger partial charge in [-0.2, -0.15) is 5.10 Å². The van der Waals surface area contributed by atoms with Gasteiger partial charge in [0.2, 0.25) is 0 Å². The lowest BCUT2D eigenvalue weighted by Gasteiger charge is -2.39. The molecule has 3 rings (SSSR count). The molecule has 0 bridgehead atoms. The van der Waals surface area contributed by atoms with Crippen molar-refractivity contribution in [2.75, 3.05) is 33.3 Å². The monoisotopic (exact) mass is 344 g/mol. The Morgan fingerprint density at radius 2 is 2.08 bits per heavy atom. The Hall–Kier alpha value is -2.02. The Morgan fingerprint density at radius 1 is 1.28 bits per heavy atom. The number of hydrogen-bond donors (Lipinski definition) is 1. The third-order valence-corrected chi connectivity index (χ3v) is 4.55. The highest BCUT2D eigenvalue weighted by molar-refractivity contribution is 5.48. The van der Waals surface area contributed by atoms with Crippen LogP contribution in [0.2, 0.25) is 0 Å². The van der Waals surface area contributed by atoms with Crippen LogP contribution in [0.5, 0.6) is 0 Å². The van der Waals surface area contributed by atoms with Gasteiger partial charge in [0.1, 0.15) is 5.82 Å². The van der Waals surface area contributed by atoms with Gasteiger partial charge in [-0.05, 0) is 30.8 Å². The first-order valence-corrected chi connectivity index (χ1v) is 8.58. The highest BCUT2D eigenvalue weighted by Crippen LogP contribution is 2.27. The third-order valence-electron chi connectivity index (χ3n) is 4.55. The van der Waals surface area contributed by atoms with Gasteiger partial charge in [-0.15, -0.1) is 0 Å². The minimum atomic E-state index is -0.213. The molecule has 0 amide bonds. The second kappa shape index (κ2) is 8.38. The van der Waals surface area contributed by atoms with Crippen molar-refractivity contribution >= 4 is 6.08 Å². The minimum Gasteiger partial charge on any atom is -0.374 e. The second-order valence-electron chi connectivity index (χ2n) is 6.33. The maximum absolute atomic E-state index is 12.9. The van der Waals surface area contributed by atoms with Crippen LogP contribution in [0.3, 0.4) is 0 Å². The molecule has 25 heavy (non-hydrogen) atoms. The summed E-state index contributed by atoms with van der Waals surface area (Å²) in [5, 5.41) is 7.71. The van der Waals surface area contributed by atoms with Gasteiger partial charge in [0.25, 0.3) is 0 Å². The molecule has 0 unspecified atom stereocenters. The predicted molar refractivity (Wildman–Crippen MR) is 96.6 cm³/mol. The van der Waals surface area contributed by atoms with Gasteiger partial charge in [-0.1, -0.05) is 24.3 Å². The first kappa shape index (κ1) is 17.8. The van der Waals surface area contributed by atoms with Crippen molar-refractivity contribution in [3.05, 3.63) is 59.7 Å². The van der Waals surface area contributed by atoms with Crippen LogP contribution < -0.4 is 5.32 Å². The number of morpholine rings is 1. The molecular formula is C19H25FN4O. The summed E-state index contributed by atoms with van der Waals surface area (Å²) < 4.78 is 20.8. The molecule has 1 aliphatic heterocycles. The molecule has 5 nitrogen and oxygen atoms in total. The lowest BCUT2D eigenvalue weighted by Crippen LogP contribution is -2.48. The molecule has 1 aromatic heterocycles. The van der Waals surface area contributed by atoms with Crippen molar-refractivity contribution in [1.82, 2.24) is 20.0 Å². The SMILES string of the molecule is CN1CCO[C@@H](CNCC=Cc2ccc(F)cc2)[C@@H]1c1ccnn1C. The van der Waals surface area contributed by atoms with Gasteiger partial charge in [-0.3, -0.25) is 9.58 Å².